The number of nitrogens with one attached hydrogen (secondary N) is 1. The van der Waals surface area contributed by atoms with Crippen LogP contribution < -0.4 is 5.32 Å². The third-order valence-corrected chi connectivity index (χ3v) is 3.99. The summed E-state index contributed by atoms with van der Waals surface area (Å²) in [6, 6.07) is 0.135. The number of rotatable bonds is 5. The average Bonchev–Trinajstić information content (AvgIpc) is 2.92. The van der Waals surface area contributed by atoms with Crippen LogP contribution >= 0.6 is 0 Å². The highest BCUT2D eigenvalue weighted by Crippen LogP contribution is 2.27. The lowest BCUT2D eigenvalue weighted by Gasteiger charge is -2.38. The Labute approximate surface area is 114 Å². The fourth-order valence-electron chi connectivity index (χ4n) is 3.05. The van der Waals surface area contributed by atoms with Crippen LogP contribution in [0.4, 0.5) is 0 Å². The number of hydrogen-bond donors (Lipinski definition) is 1. The SMILES string of the molecule is CCCOC(=O)C[C@@H]1C(=O)NCCN1C1CCCC1. The predicted molar refractivity (Wildman–Crippen MR) is 71.6 cm³/mol. The van der Waals surface area contributed by atoms with E-state index in [0.29, 0.717) is 19.2 Å². The number of piperazine rings is 1. The molecule has 1 N–H and O–H groups in total. The highest BCUT2D eigenvalue weighted by Gasteiger charge is 2.36. The second kappa shape index (κ2) is 6.89. The summed E-state index contributed by atoms with van der Waals surface area (Å²) in [7, 11) is 0. The van der Waals surface area contributed by atoms with Crippen LogP contribution in [0.5, 0.6) is 0 Å². The molecule has 0 aromatic carbocycles. The maximum Gasteiger partial charge on any atom is 0.307 e. The molecule has 5 nitrogen and oxygen atoms in total. The molecule has 1 atom stereocenters. The summed E-state index contributed by atoms with van der Waals surface area (Å²) in [5.41, 5.74) is 0. The summed E-state index contributed by atoms with van der Waals surface area (Å²) in [5, 5.41) is 2.86. The van der Waals surface area contributed by atoms with Gasteiger partial charge >= 0.3 is 5.97 Å². The van der Waals surface area contributed by atoms with E-state index in [-0.39, 0.29) is 24.3 Å². The first-order chi connectivity index (χ1) is 9.22. The molecule has 1 amide bonds. The molecule has 0 radical (unpaired) electrons. The van der Waals surface area contributed by atoms with Gasteiger partial charge in [0, 0.05) is 19.1 Å². The lowest BCUT2D eigenvalue weighted by Crippen LogP contribution is -2.58. The summed E-state index contributed by atoms with van der Waals surface area (Å²) >= 11 is 0. The van der Waals surface area contributed by atoms with Crippen molar-refractivity contribution in [3.63, 3.8) is 0 Å². The molecule has 0 bridgehead atoms. The van der Waals surface area contributed by atoms with E-state index in [0.717, 1.165) is 25.8 Å². The van der Waals surface area contributed by atoms with Gasteiger partial charge < -0.3 is 10.1 Å². The molecule has 0 aromatic rings. The number of nitrogens with zero attached hydrogens (tertiary/aromatic N) is 1. The van der Waals surface area contributed by atoms with Crippen molar-refractivity contribution in [1.82, 2.24) is 10.2 Å². The van der Waals surface area contributed by atoms with Crippen molar-refractivity contribution >= 4 is 11.9 Å². The molecule has 1 heterocycles. The minimum absolute atomic E-state index is 0.0217. The molecule has 1 saturated carbocycles. The lowest BCUT2D eigenvalue weighted by molar-refractivity contribution is -0.149. The molecule has 2 rings (SSSR count). The summed E-state index contributed by atoms with van der Waals surface area (Å²) in [4.78, 5) is 26.0. The summed E-state index contributed by atoms with van der Waals surface area (Å²) in [5.74, 6) is -0.279. The second-order valence-corrected chi connectivity index (χ2v) is 5.41. The molecule has 108 valence electrons. The molecule has 1 aliphatic heterocycles. The van der Waals surface area contributed by atoms with Gasteiger partial charge in [-0.1, -0.05) is 19.8 Å². The van der Waals surface area contributed by atoms with Crippen molar-refractivity contribution in [3.05, 3.63) is 0 Å². The zero-order chi connectivity index (χ0) is 13.7. The minimum Gasteiger partial charge on any atom is -0.466 e. The molecule has 19 heavy (non-hydrogen) atoms. The second-order valence-electron chi connectivity index (χ2n) is 5.41. The van der Waals surface area contributed by atoms with Crippen molar-refractivity contribution < 1.29 is 14.3 Å². The van der Waals surface area contributed by atoms with Crippen molar-refractivity contribution in [2.75, 3.05) is 19.7 Å². The molecule has 0 unspecified atom stereocenters. The van der Waals surface area contributed by atoms with Crippen LogP contribution in [0.15, 0.2) is 0 Å². The largest absolute Gasteiger partial charge is 0.466 e. The maximum atomic E-state index is 12.0. The Morgan fingerprint density at radius 1 is 1.42 bits per heavy atom. The van der Waals surface area contributed by atoms with Gasteiger partial charge in [0.05, 0.1) is 19.1 Å². The van der Waals surface area contributed by atoms with E-state index in [9.17, 15) is 9.59 Å². The zero-order valence-electron chi connectivity index (χ0n) is 11.7. The zero-order valence-corrected chi connectivity index (χ0v) is 11.7. The van der Waals surface area contributed by atoms with Gasteiger partial charge in [0.2, 0.25) is 5.91 Å². The number of hydrogen-bond acceptors (Lipinski definition) is 4. The van der Waals surface area contributed by atoms with Gasteiger partial charge in [-0.2, -0.15) is 0 Å². The molecule has 2 aliphatic rings. The number of esters is 1. The predicted octanol–water partition coefficient (Wildman–Crippen LogP) is 1.07. The Hall–Kier alpha value is -1.10. The van der Waals surface area contributed by atoms with E-state index in [2.05, 4.69) is 10.2 Å². The molecule has 5 heteroatoms. The molecular formula is C14H24N2O3. The number of carbonyl (C=O) groups is 2. The van der Waals surface area contributed by atoms with Crippen LogP contribution in [0.1, 0.15) is 45.4 Å². The third-order valence-electron chi connectivity index (χ3n) is 3.99. The Bertz CT molecular complexity index is 327. The first-order valence-electron chi connectivity index (χ1n) is 7.41. The number of ether oxygens (including phenoxy) is 1. The first-order valence-corrected chi connectivity index (χ1v) is 7.41. The van der Waals surface area contributed by atoms with Crippen LogP contribution in [0, 0.1) is 0 Å². The smallest absolute Gasteiger partial charge is 0.307 e. The summed E-state index contributed by atoms with van der Waals surface area (Å²) < 4.78 is 5.11. The molecule has 2 fully saturated rings. The van der Waals surface area contributed by atoms with Crippen LogP contribution in [0.3, 0.4) is 0 Å². The standard InChI is InChI=1S/C14H24N2O3/c1-2-9-19-13(17)10-12-14(18)15-7-8-16(12)11-5-3-4-6-11/h11-12H,2-10H2,1H3,(H,15,18)/t12-/m1/s1. The van der Waals surface area contributed by atoms with Gasteiger partial charge in [0.1, 0.15) is 0 Å². The molecule has 0 spiro atoms. The van der Waals surface area contributed by atoms with Gasteiger partial charge in [0.25, 0.3) is 0 Å². The summed E-state index contributed by atoms with van der Waals surface area (Å²) in [6.45, 7) is 3.94. The normalized spacial score (nSPS) is 25.3. The highest BCUT2D eigenvalue weighted by molar-refractivity contribution is 5.87. The van der Waals surface area contributed by atoms with Crippen molar-refractivity contribution in [2.24, 2.45) is 0 Å². The van der Waals surface area contributed by atoms with E-state index < -0.39 is 0 Å². The fourth-order valence-corrected chi connectivity index (χ4v) is 3.05. The monoisotopic (exact) mass is 268 g/mol. The average molecular weight is 268 g/mol. The Morgan fingerprint density at radius 2 is 2.16 bits per heavy atom. The van der Waals surface area contributed by atoms with Crippen LogP contribution in [-0.4, -0.2) is 48.6 Å². The Balaban J connectivity index is 1.95. The topological polar surface area (TPSA) is 58.6 Å². The van der Waals surface area contributed by atoms with E-state index in [4.69, 9.17) is 4.74 Å². The fraction of sp³-hybridized carbons (Fsp3) is 0.857. The van der Waals surface area contributed by atoms with Crippen molar-refractivity contribution in [2.45, 2.75) is 57.5 Å². The van der Waals surface area contributed by atoms with Gasteiger partial charge in [0.15, 0.2) is 0 Å². The van der Waals surface area contributed by atoms with E-state index in [1.54, 1.807) is 0 Å². The number of amides is 1. The van der Waals surface area contributed by atoms with Gasteiger partial charge in [-0.25, -0.2) is 0 Å². The molecule has 1 aliphatic carbocycles. The number of carbonyl (C=O) groups excluding carboxylic acids is 2. The van der Waals surface area contributed by atoms with Gasteiger partial charge in [-0.3, -0.25) is 14.5 Å². The van der Waals surface area contributed by atoms with E-state index in [1.165, 1.54) is 12.8 Å². The Morgan fingerprint density at radius 3 is 2.84 bits per heavy atom. The summed E-state index contributed by atoms with van der Waals surface area (Å²) in [6.07, 6.45) is 5.75. The molecule has 0 aromatic heterocycles. The van der Waals surface area contributed by atoms with E-state index >= 15 is 0 Å². The Kier molecular flexibility index (Phi) is 5.19. The molecular weight excluding hydrogens is 244 g/mol. The van der Waals surface area contributed by atoms with Crippen molar-refractivity contribution in [1.29, 1.82) is 0 Å². The quantitative estimate of drug-likeness (QED) is 0.758. The van der Waals surface area contributed by atoms with Crippen LogP contribution in [0.2, 0.25) is 0 Å². The lowest BCUT2D eigenvalue weighted by atomic mass is 10.0. The van der Waals surface area contributed by atoms with Crippen molar-refractivity contribution in [3.8, 4) is 0 Å². The first kappa shape index (κ1) is 14.3. The third kappa shape index (κ3) is 3.69. The van der Waals surface area contributed by atoms with Gasteiger partial charge in [-0.05, 0) is 19.3 Å². The van der Waals surface area contributed by atoms with Gasteiger partial charge in [-0.15, -0.1) is 0 Å². The van der Waals surface area contributed by atoms with Crippen LogP contribution in [-0.2, 0) is 14.3 Å². The minimum atomic E-state index is -0.332. The van der Waals surface area contributed by atoms with E-state index in [1.807, 2.05) is 6.92 Å². The maximum absolute atomic E-state index is 12.0. The molecule has 1 saturated heterocycles. The highest BCUT2D eigenvalue weighted by atomic mass is 16.5. The van der Waals surface area contributed by atoms with Crippen LogP contribution in [0.25, 0.3) is 0 Å².